The van der Waals surface area contributed by atoms with Crippen molar-refractivity contribution in [1.82, 2.24) is 9.13 Å². The van der Waals surface area contributed by atoms with Gasteiger partial charge in [-0.05, 0) is 83.7 Å². The van der Waals surface area contributed by atoms with E-state index in [0.29, 0.717) is 0 Å². The van der Waals surface area contributed by atoms with Gasteiger partial charge in [-0.2, -0.15) is 0 Å². The minimum Gasteiger partial charge on any atom is -0.458 e. The maximum absolute atomic E-state index is 6.82. The molecule has 0 unspecified atom stereocenters. The van der Waals surface area contributed by atoms with Crippen LogP contribution in [0.1, 0.15) is 0 Å². The minimum atomic E-state index is -0.0801. The maximum atomic E-state index is 6.82. The molecule has 6 nitrogen and oxygen atoms in total. The maximum Gasteiger partial charge on any atom is 0.260 e. The molecule has 2 aliphatic heterocycles. The molecule has 0 saturated carbocycles. The Morgan fingerprint density at radius 3 is 1.31 bits per heavy atom. The number of para-hydroxylation sites is 4. The van der Waals surface area contributed by atoms with E-state index in [2.05, 4.69) is 155 Å². The summed E-state index contributed by atoms with van der Waals surface area (Å²) in [4.78, 5) is 0. The van der Waals surface area contributed by atoms with E-state index >= 15 is 0 Å². The summed E-state index contributed by atoms with van der Waals surface area (Å²) in [6, 6.07) is 62.0. The summed E-state index contributed by atoms with van der Waals surface area (Å²) in [5, 5.41) is 9.00. The van der Waals surface area contributed by atoms with Crippen LogP contribution in [0.25, 0.3) is 98.9 Å². The van der Waals surface area contributed by atoms with Crippen molar-refractivity contribution in [3.8, 4) is 34.4 Å². The van der Waals surface area contributed by atoms with Crippen LogP contribution >= 0.6 is 0 Å². The van der Waals surface area contributed by atoms with E-state index in [9.17, 15) is 0 Å². The lowest BCUT2D eigenvalue weighted by molar-refractivity contribution is 0.464. The van der Waals surface area contributed by atoms with Gasteiger partial charge in [0.05, 0.1) is 32.8 Å². The Bertz CT molecular complexity index is 3830. The van der Waals surface area contributed by atoms with E-state index in [4.69, 9.17) is 18.3 Å². The minimum absolute atomic E-state index is 0.0801. The highest BCUT2D eigenvalue weighted by atomic mass is 16.5. The fourth-order valence-corrected chi connectivity index (χ4v) is 10.7. The Kier molecular flexibility index (Phi) is 5.90. The predicted octanol–water partition coefficient (Wildman–Crippen LogP) is 12.4. The van der Waals surface area contributed by atoms with Gasteiger partial charge in [0.15, 0.2) is 0 Å². The molecule has 0 radical (unpaired) electrons. The van der Waals surface area contributed by atoms with E-state index in [0.717, 1.165) is 138 Å². The molecule has 6 heterocycles. The van der Waals surface area contributed by atoms with Gasteiger partial charge in [0, 0.05) is 61.3 Å². The van der Waals surface area contributed by atoms with Crippen molar-refractivity contribution in [2.75, 3.05) is 0 Å². The van der Waals surface area contributed by atoms with Gasteiger partial charge < -0.3 is 27.4 Å². The predicted molar refractivity (Wildman–Crippen MR) is 247 cm³/mol. The number of benzene rings is 9. The Labute approximate surface area is 347 Å². The number of ether oxygens (including phenoxy) is 2. The molecule has 9 aromatic carbocycles. The van der Waals surface area contributed by atoms with Gasteiger partial charge in [-0.3, -0.25) is 0 Å². The van der Waals surface area contributed by atoms with Gasteiger partial charge in [0.25, 0.3) is 6.71 Å². The van der Waals surface area contributed by atoms with Crippen LogP contribution in [0.3, 0.4) is 0 Å². The topological polar surface area (TPSA) is 54.6 Å². The standard InChI is InChI=1S/C54H29BN2O4/c1-5-14-40-36(12-1)50-42(26-22-34-32-10-3-7-16-44(32)60-53(34)50)56(40)30-20-24-38-48(28-30)58-46-18-9-19-47-52(46)55(38)39-25-21-31(29-49(39)59-47)57-41-15-6-2-13-37(41)51-43(57)27-23-35-33-11-4-8-17-45(33)61-54(35)51/h1-29H. The number of rotatable bonds is 2. The molecular weight excluding hydrogens is 751 g/mol. The summed E-state index contributed by atoms with van der Waals surface area (Å²) in [6.45, 7) is -0.0801. The summed E-state index contributed by atoms with van der Waals surface area (Å²) in [6.07, 6.45) is 0. The molecule has 0 spiro atoms. The quantitative estimate of drug-likeness (QED) is 0.164. The molecule has 13 aromatic rings. The van der Waals surface area contributed by atoms with Gasteiger partial charge in [-0.15, -0.1) is 0 Å². The molecule has 0 atom stereocenters. The number of fused-ring (bicyclic) bond motifs is 18. The molecule has 282 valence electrons. The van der Waals surface area contributed by atoms with Gasteiger partial charge in [0.1, 0.15) is 45.3 Å². The zero-order valence-electron chi connectivity index (χ0n) is 32.3. The molecule has 15 rings (SSSR count). The third kappa shape index (κ3) is 4.07. The van der Waals surface area contributed by atoms with Crippen LogP contribution in [-0.2, 0) is 0 Å². The van der Waals surface area contributed by atoms with Crippen LogP contribution in [0.2, 0.25) is 0 Å². The first kappa shape index (κ1) is 31.8. The van der Waals surface area contributed by atoms with E-state index in [1.807, 2.05) is 30.3 Å². The third-order valence-electron chi connectivity index (χ3n) is 13.2. The Morgan fingerprint density at radius 1 is 0.344 bits per heavy atom. The monoisotopic (exact) mass is 780 g/mol. The lowest BCUT2D eigenvalue weighted by Gasteiger charge is -2.33. The normalized spacial score (nSPS) is 13.1. The van der Waals surface area contributed by atoms with Crippen molar-refractivity contribution < 1.29 is 18.3 Å². The van der Waals surface area contributed by atoms with Crippen molar-refractivity contribution in [3.05, 3.63) is 176 Å². The van der Waals surface area contributed by atoms with Crippen LogP contribution in [0.5, 0.6) is 23.0 Å². The van der Waals surface area contributed by atoms with Crippen LogP contribution in [0, 0.1) is 0 Å². The van der Waals surface area contributed by atoms with Crippen LogP contribution < -0.4 is 25.9 Å². The average Bonchev–Trinajstić information content (AvgIpc) is 4.06. The fourth-order valence-electron chi connectivity index (χ4n) is 10.7. The number of hydrogen-bond acceptors (Lipinski definition) is 4. The fraction of sp³-hybridized carbons (Fsp3) is 0. The number of nitrogens with zero attached hydrogens (tertiary/aromatic N) is 2. The van der Waals surface area contributed by atoms with E-state index < -0.39 is 0 Å². The molecule has 0 N–H and O–H groups in total. The summed E-state index contributed by atoms with van der Waals surface area (Å²) in [5.41, 5.74) is 13.3. The molecule has 7 heteroatoms. The highest BCUT2D eigenvalue weighted by Gasteiger charge is 2.40. The van der Waals surface area contributed by atoms with Crippen LogP contribution in [0.15, 0.2) is 185 Å². The van der Waals surface area contributed by atoms with Crippen molar-refractivity contribution in [1.29, 1.82) is 0 Å². The number of furan rings is 2. The van der Waals surface area contributed by atoms with Gasteiger partial charge in [-0.25, -0.2) is 0 Å². The van der Waals surface area contributed by atoms with Crippen molar-refractivity contribution >= 4 is 111 Å². The Balaban J connectivity index is 0.906. The number of hydrogen-bond donors (Lipinski definition) is 0. The second kappa shape index (κ2) is 11.3. The second-order valence-corrected chi connectivity index (χ2v) is 16.3. The molecule has 0 amide bonds. The zero-order valence-corrected chi connectivity index (χ0v) is 32.3. The first-order valence-electron chi connectivity index (χ1n) is 20.7. The molecule has 0 aliphatic carbocycles. The summed E-state index contributed by atoms with van der Waals surface area (Å²) in [7, 11) is 0. The van der Waals surface area contributed by atoms with Gasteiger partial charge >= 0.3 is 0 Å². The van der Waals surface area contributed by atoms with Crippen molar-refractivity contribution in [3.63, 3.8) is 0 Å². The molecule has 0 fully saturated rings. The van der Waals surface area contributed by atoms with Crippen molar-refractivity contribution in [2.24, 2.45) is 0 Å². The Morgan fingerprint density at radius 2 is 0.803 bits per heavy atom. The summed E-state index contributed by atoms with van der Waals surface area (Å²) < 4.78 is 31.5. The largest absolute Gasteiger partial charge is 0.458 e. The lowest BCUT2D eigenvalue weighted by atomic mass is 9.35. The van der Waals surface area contributed by atoms with E-state index in [1.165, 1.54) is 0 Å². The summed E-state index contributed by atoms with van der Waals surface area (Å²) in [5.74, 6) is 3.28. The first-order valence-corrected chi connectivity index (χ1v) is 20.7. The van der Waals surface area contributed by atoms with Crippen LogP contribution in [0.4, 0.5) is 0 Å². The highest BCUT2D eigenvalue weighted by Crippen LogP contribution is 2.44. The molecule has 2 aliphatic rings. The van der Waals surface area contributed by atoms with Gasteiger partial charge in [-0.1, -0.05) is 91.0 Å². The van der Waals surface area contributed by atoms with Crippen LogP contribution in [-0.4, -0.2) is 15.8 Å². The van der Waals surface area contributed by atoms with Gasteiger partial charge in [0.2, 0.25) is 0 Å². The zero-order chi connectivity index (χ0) is 39.5. The van der Waals surface area contributed by atoms with E-state index in [-0.39, 0.29) is 6.71 Å². The number of aromatic nitrogens is 2. The SMILES string of the molecule is c1cc2c3c(c1)Oc1cc(-n4c5ccccc5c5c6oc7ccccc7c6ccc54)ccc1B3c1ccc(-n3c4ccccc4c4c5oc6ccccc6c5ccc43)cc1O2. The smallest absolute Gasteiger partial charge is 0.260 e. The molecule has 4 aromatic heterocycles. The lowest BCUT2D eigenvalue weighted by Crippen LogP contribution is -2.57. The van der Waals surface area contributed by atoms with E-state index in [1.54, 1.807) is 0 Å². The third-order valence-corrected chi connectivity index (χ3v) is 13.2. The molecule has 0 bridgehead atoms. The molecule has 0 saturated heterocycles. The van der Waals surface area contributed by atoms with Crippen molar-refractivity contribution in [2.45, 2.75) is 0 Å². The summed E-state index contributed by atoms with van der Waals surface area (Å²) >= 11 is 0. The molecule has 61 heavy (non-hydrogen) atoms. The highest BCUT2D eigenvalue weighted by molar-refractivity contribution is 6.98. The first-order chi connectivity index (χ1) is 30.2. The Hall–Kier alpha value is -8.16. The second-order valence-electron chi connectivity index (χ2n) is 16.3. The molecular formula is C54H29BN2O4. The average molecular weight is 781 g/mol.